The lowest BCUT2D eigenvalue weighted by atomic mass is 9.69. The van der Waals surface area contributed by atoms with Crippen molar-refractivity contribution in [3.8, 4) is 0 Å². The van der Waals surface area contributed by atoms with Crippen molar-refractivity contribution in [2.24, 2.45) is 22.1 Å². The fourth-order valence-corrected chi connectivity index (χ4v) is 1.78. The summed E-state index contributed by atoms with van der Waals surface area (Å²) in [5, 5.41) is 7.06. The summed E-state index contributed by atoms with van der Waals surface area (Å²) < 4.78 is 50.4. The van der Waals surface area contributed by atoms with E-state index in [-0.39, 0.29) is 13.1 Å². The first kappa shape index (κ1) is 8.90. The average molecular weight is 196 g/mol. The van der Waals surface area contributed by atoms with E-state index >= 15 is 0 Å². The van der Waals surface area contributed by atoms with Gasteiger partial charge in [0.25, 0.3) is 0 Å². The third-order valence-corrected chi connectivity index (χ3v) is 2.73. The normalized spacial score (nSPS) is 36.2. The van der Waals surface area contributed by atoms with Crippen LogP contribution in [0.1, 0.15) is 6.42 Å². The molecule has 6 heteroatoms. The van der Waals surface area contributed by atoms with Crippen LogP contribution in [0, 0.1) is 11.8 Å². The summed E-state index contributed by atoms with van der Waals surface area (Å²) in [6.45, 7) is 0.326. The van der Waals surface area contributed by atoms with E-state index in [0.29, 0.717) is 0 Å². The average Bonchev–Trinajstić information content (AvgIpc) is 2.52. The molecule has 0 amide bonds. The summed E-state index contributed by atoms with van der Waals surface area (Å²) in [6, 6.07) is 0. The van der Waals surface area contributed by atoms with E-state index in [1.807, 2.05) is 0 Å². The SMILES string of the molecule is FC1(F)CC(C2CN=NC2)C1(F)F. The highest BCUT2D eigenvalue weighted by molar-refractivity contribution is 5.06. The number of rotatable bonds is 1. The third-order valence-electron chi connectivity index (χ3n) is 2.73. The molecule has 0 spiro atoms. The van der Waals surface area contributed by atoms with Gasteiger partial charge < -0.3 is 0 Å². The zero-order valence-electron chi connectivity index (χ0n) is 6.68. The number of nitrogens with zero attached hydrogens (tertiary/aromatic N) is 2. The molecule has 2 rings (SSSR count). The van der Waals surface area contributed by atoms with Gasteiger partial charge in [-0.25, -0.2) is 0 Å². The molecule has 0 N–H and O–H groups in total. The lowest BCUT2D eigenvalue weighted by Gasteiger charge is -2.46. The minimum absolute atomic E-state index is 0.163. The summed E-state index contributed by atoms with van der Waals surface area (Å²) >= 11 is 0. The van der Waals surface area contributed by atoms with Crippen molar-refractivity contribution in [3.05, 3.63) is 0 Å². The lowest BCUT2D eigenvalue weighted by molar-refractivity contribution is -0.322. The minimum atomic E-state index is -3.85. The maximum absolute atomic E-state index is 12.8. The molecule has 0 bridgehead atoms. The van der Waals surface area contributed by atoms with E-state index in [1.54, 1.807) is 0 Å². The molecule has 0 radical (unpaired) electrons. The van der Waals surface area contributed by atoms with E-state index in [2.05, 4.69) is 10.2 Å². The van der Waals surface area contributed by atoms with Gasteiger partial charge in [-0.15, -0.1) is 0 Å². The molecule has 1 saturated carbocycles. The molecule has 0 aromatic rings. The summed E-state index contributed by atoms with van der Waals surface area (Å²) in [5.41, 5.74) is 0. The first-order chi connectivity index (χ1) is 5.95. The van der Waals surface area contributed by atoms with Gasteiger partial charge >= 0.3 is 11.8 Å². The Kier molecular flexibility index (Phi) is 1.66. The quantitative estimate of drug-likeness (QED) is 0.575. The van der Waals surface area contributed by atoms with Crippen LogP contribution in [-0.4, -0.2) is 24.9 Å². The molecule has 2 aliphatic rings. The predicted octanol–water partition coefficient (Wildman–Crippen LogP) is 2.36. The van der Waals surface area contributed by atoms with Crippen LogP contribution in [0.3, 0.4) is 0 Å². The summed E-state index contributed by atoms with van der Waals surface area (Å²) in [7, 11) is 0. The van der Waals surface area contributed by atoms with E-state index < -0.39 is 30.1 Å². The van der Waals surface area contributed by atoms with Gasteiger partial charge in [0.05, 0.1) is 13.1 Å². The second-order valence-electron chi connectivity index (χ2n) is 3.55. The molecule has 1 fully saturated rings. The van der Waals surface area contributed by atoms with Gasteiger partial charge in [-0.2, -0.15) is 27.8 Å². The van der Waals surface area contributed by atoms with Crippen LogP contribution in [0.5, 0.6) is 0 Å². The maximum Gasteiger partial charge on any atom is 0.313 e. The smallest absolute Gasteiger partial charge is 0.200 e. The van der Waals surface area contributed by atoms with Crippen LogP contribution in [-0.2, 0) is 0 Å². The molecule has 1 heterocycles. The topological polar surface area (TPSA) is 24.7 Å². The fourth-order valence-electron chi connectivity index (χ4n) is 1.78. The number of azo groups is 1. The van der Waals surface area contributed by atoms with Crippen molar-refractivity contribution < 1.29 is 17.6 Å². The number of hydrogen-bond acceptors (Lipinski definition) is 2. The van der Waals surface area contributed by atoms with Gasteiger partial charge in [0.1, 0.15) is 0 Å². The van der Waals surface area contributed by atoms with Crippen LogP contribution >= 0.6 is 0 Å². The molecule has 1 unspecified atom stereocenters. The second-order valence-corrected chi connectivity index (χ2v) is 3.55. The Morgan fingerprint density at radius 3 is 1.92 bits per heavy atom. The highest BCUT2D eigenvalue weighted by Gasteiger charge is 2.73. The van der Waals surface area contributed by atoms with Crippen LogP contribution in [0.4, 0.5) is 17.6 Å². The zero-order chi connectivity index (χ0) is 9.69. The highest BCUT2D eigenvalue weighted by atomic mass is 19.3. The predicted molar refractivity (Wildman–Crippen MR) is 36.1 cm³/mol. The van der Waals surface area contributed by atoms with Crippen LogP contribution in [0.25, 0.3) is 0 Å². The van der Waals surface area contributed by atoms with Gasteiger partial charge in [-0.3, -0.25) is 0 Å². The van der Waals surface area contributed by atoms with E-state index in [9.17, 15) is 17.6 Å². The Balaban J connectivity index is 2.05. The Morgan fingerprint density at radius 1 is 1.00 bits per heavy atom. The standard InChI is InChI=1S/C7H8F4N2/c8-6(9)1-5(7(6,10)11)4-2-12-13-3-4/h4-5H,1-3H2. The molecule has 1 aliphatic heterocycles. The maximum atomic E-state index is 12.8. The van der Waals surface area contributed by atoms with Crippen molar-refractivity contribution in [1.82, 2.24) is 0 Å². The highest BCUT2D eigenvalue weighted by Crippen LogP contribution is 2.58. The van der Waals surface area contributed by atoms with E-state index in [4.69, 9.17) is 0 Å². The molecule has 1 atom stereocenters. The molecule has 0 aromatic carbocycles. The first-order valence-electron chi connectivity index (χ1n) is 4.04. The molecule has 0 saturated heterocycles. The molecule has 2 nitrogen and oxygen atoms in total. The second kappa shape index (κ2) is 2.42. The van der Waals surface area contributed by atoms with Crippen LogP contribution in [0.2, 0.25) is 0 Å². The molecular formula is C7H8F4N2. The van der Waals surface area contributed by atoms with Crippen molar-refractivity contribution in [1.29, 1.82) is 0 Å². The van der Waals surface area contributed by atoms with Crippen molar-refractivity contribution in [3.63, 3.8) is 0 Å². The van der Waals surface area contributed by atoms with Gasteiger partial charge in [-0.05, 0) is 0 Å². The van der Waals surface area contributed by atoms with Crippen LogP contribution in [0.15, 0.2) is 10.2 Å². The molecule has 13 heavy (non-hydrogen) atoms. The Hall–Kier alpha value is -0.680. The Labute approximate surface area is 72.0 Å². The first-order valence-corrected chi connectivity index (χ1v) is 4.04. The van der Waals surface area contributed by atoms with Gasteiger partial charge in [0, 0.05) is 18.3 Å². The van der Waals surface area contributed by atoms with Gasteiger partial charge in [-0.1, -0.05) is 0 Å². The third kappa shape index (κ3) is 1.07. The largest absolute Gasteiger partial charge is 0.313 e. The van der Waals surface area contributed by atoms with Crippen molar-refractivity contribution in [2.45, 2.75) is 18.3 Å². The van der Waals surface area contributed by atoms with Crippen molar-refractivity contribution >= 4 is 0 Å². The number of alkyl halides is 4. The minimum Gasteiger partial charge on any atom is -0.200 e. The molecule has 74 valence electrons. The van der Waals surface area contributed by atoms with E-state index in [1.165, 1.54) is 0 Å². The molecular weight excluding hydrogens is 188 g/mol. The van der Waals surface area contributed by atoms with E-state index in [0.717, 1.165) is 0 Å². The fraction of sp³-hybridized carbons (Fsp3) is 1.00. The molecule has 1 aliphatic carbocycles. The van der Waals surface area contributed by atoms with Gasteiger partial charge in [0.15, 0.2) is 0 Å². The summed E-state index contributed by atoms with van der Waals surface area (Å²) in [4.78, 5) is 0. The number of hydrogen-bond donors (Lipinski definition) is 0. The Bertz CT molecular complexity index is 243. The summed E-state index contributed by atoms with van der Waals surface area (Å²) in [6.07, 6.45) is -0.726. The summed E-state index contributed by atoms with van der Waals surface area (Å²) in [5.74, 6) is -9.40. The molecule has 0 aromatic heterocycles. The van der Waals surface area contributed by atoms with Crippen LogP contribution < -0.4 is 0 Å². The van der Waals surface area contributed by atoms with Gasteiger partial charge in [0.2, 0.25) is 0 Å². The number of halogens is 4. The monoisotopic (exact) mass is 196 g/mol. The van der Waals surface area contributed by atoms with Crippen molar-refractivity contribution in [2.75, 3.05) is 13.1 Å². The zero-order valence-corrected chi connectivity index (χ0v) is 6.68. The Morgan fingerprint density at radius 2 is 1.54 bits per heavy atom. The lowest BCUT2D eigenvalue weighted by Crippen LogP contribution is -2.61.